The predicted molar refractivity (Wildman–Crippen MR) is 94.1 cm³/mol. The van der Waals surface area contributed by atoms with Gasteiger partial charge in [-0.2, -0.15) is 0 Å². The van der Waals surface area contributed by atoms with Crippen molar-refractivity contribution in [2.24, 2.45) is 5.73 Å². The highest BCUT2D eigenvalue weighted by molar-refractivity contribution is 5.85. The van der Waals surface area contributed by atoms with Crippen molar-refractivity contribution >= 4 is 29.7 Å². The zero-order valence-electron chi connectivity index (χ0n) is 13.5. The van der Waals surface area contributed by atoms with Crippen LogP contribution in [0.25, 0.3) is 0 Å². The van der Waals surface area contributed by atoms with Crippen molar-refractivity contribution in [2.45, 2.75) is 39.2 Å². The smallest absolute Gasteiger partial charge is 0.292 e. The van der Waals surface area contributed by atoms with Gasteiger partial charge in [-0.05, 0) is 31.4 Å². The monoisotopic (exact) mass is 344 g/mol. The van der Waals surface area contributed by atoms with Crippen molar-refractivity contribution in [3.63, 3.8) is 0 Å². The summed E-state index contributed by atoms with van der Waals surface area (Å²) < 4.78 is 0. The van der Waals surface area contributed by atoms with Crippen molar-refractivity contribution in [3.8, 4) is 0 Å². The normalized spacial score (nSPS) is 11.3. The van der Waals surface area contributed by atoms with Gasteiger partial charge in [0.15, 0.2) is 0 Å². The quantitative estimate of drug-likeness (QED) is 0.362. The highest BCUT2D eigenvalue weighted by Gasteiger charge is 2.13. The summed E-state index contributed by atoms with van der Waals surface area (Å²) >= 11 is 0. The summed E-state index contributed by atoms with van der Waals surface area (Å²) in [6, 6.07) is 4.59. The fourth-order valence-electron chi connectivity index (χ4n) is 2.04. The summed E-state index contributed by atoms with van der Waals surface area (Å²) in [6.07, 6.45) is 2.20. The Hall–Kier alpha value is -1.86. The van der Waals surface area contributed by atoms with Crippen molar-refractivity contribution in [2.75, 3.05) is 18.4 Å². The minimum Gasteiger partial charge on any atom is -0.379 e. The van der Waals surface area contributed by atoms with Gasteiger partial charge in [0, 0.05) is 19.2 Å². The number of nitrogens with two attached hydrogens (primary N) is 1. The van der Waals surface area contributed by atoms with Gasteiger partial charge in [0.25, 0.3) is 5.69 Å². The van der Waals surface area contributed by atoms with Gasteiger partial charge in [-0.25, -0.2) is 0 Å². The lowest BCUT2D eigenvalue weighted by Gasteiger charge is -2.11. The molecule has 0 aliphatic carbocycles. The molecule has 23 heavy (non-hydrogen) atoms. The molecule has 0 aliphatic rings. The van der Waals surface area contributed by atoms with Crippen LogP contribution in [0.15, 0.2) is 18.2 Å². The Kier molecular flexibility index (Phi) is 9.92. The maximum atomic E-state index is 11.6. The molecule has 1 aromatic carbocycles. The SMILES string of the molecule is CCCC(N)C(=O)NCCCNc1ccc(C)cc1[N+](=O)[O-].Cl. The van der Waals surface area contributed by atoms with E-state index in [1.807, 2.05) is 19.9 Å². The van der Waals surface area contributed by atoms with Crippen molar-refractivity contribution in [1.82, 2.24) is 5.32 Å². The molecule has 1 aromatic rings. The molecule has 0 bridgehead atoms. The molecule has 0 heterocycles. The highest BCUT2D eigenvalue weighted by Crippen LogP contribution is 2.24. The summed E-state index contributed by atoms with van der Waals surface area (Å²) in [6.45, 7) is 4.81. The van der Waals surface area contributed by atoms with E-state index >= 15 is 0 Å². The molecule has 130 valence electrons. The molecule has 1 atom stereocenters. The number of halogens is 1. The van der Waals surface area contributed by atoms with E-state index in [2.05, 4.69) is 10.6 Å². The van der Waals surface area contributed by atoms with Crippen LogP contribution in [0.4, 0.5) is 11.4 Å². The average molecular weight is 345 g/mol. The standard InChI is InChI=1S/C15H24N4O3.ClH/c1-3-5-12(16)15(20)18-9-4-8-17-13-7-6-11(2)10-14(13)19(21)22;/h6-7,10,12,17H,3-5,8-9,16H2,1-2H3,(H,18,20);1H. The van der Waals surface area contributed by atoms with Crippen LogP contribution in [0.5, 0.6) is 0 Å². The van der Waals surface area contributed by atoms with Crippen LogP contribution >= 0.6 is 12.4 Å². The van der Waals surface area contributed by atoms with Crippen LogP contribution in [-0.4, -0.2) is 30.0 Å². The molecule has 1 rings (SSSR count). The van der Waals surface area contributed by atoms with Gasteiger partial charge < -0.3 is 16.4 Å². The Labute approximate surface area is 142 Å². The number of benzene rings is 1. The molecule has 0 aliphatic heterocycles. The van der Waals surface area contributed by atoms with E-state index in [1.54, 1.807) is 6.07 Å². The number of nitro groups is 1. The minimum absolute atomic E-state index is 0. The molecule has 0 saturated heterocycles. The van der Waals surface area contributed by atoms with E-state index in [4.69, 9.17) is 5.73 Å². The van der Waals surface area contributed by atoms with Gasteiger partial charge >= 0.3 is 0 Å². The predicted octanol–water partition coefficient (Wildman–Crippen LogP) is 2.37. The van der Waals surface area contributed by atoms with Crippen LogP contribution < -0.4 is 16.4 Å². The number of nitrogens with zero attached hydrogens (tertiary/aromatic N) is 1. The average Bonchev–Trinajstić information content (AvgIpc) is 2.48. The first-order valence-electron chi connectivity index (χ1n) is 7.48. The molecule has 1 amide bonds. The topological polar surface area (TPSA) is 110 Å². The summed E-state index contributed by atoms with van der Waals surface area (Å²) in [7, 11) is 0. The second kappa shape index (κ2) is 10.8. The zero-order chi connectivity index (χ0) is 16.5. The first kappa shape index (κ1) is 21.1. The number of aryl methyl sites for hydroxylation is 1. The molecule has 1 unspecified atom stereocenters. The van der Waals surface area contributed by atoms with Gasteiger partial charge in [-0.1, -0.05) is 19.4 Å². The number of nitrogens with one attached hydrogen (secondary N) is 2. The lowest BCUT2D eigenvalue weighted by atomic mass is 10.1. The minimum atomic E-state index is -0.462. The molecule has 0 aromatic heterocycles. The van der Waals surface area contributed by atoms with Crippen molar-refractivity contribution < 1.29 is 9.72 Å². The highest BCUT2D eigenvalue weighted by atomic mass is 35.5. The second-order valence-corrected chi connectivity index (χ2v) is 5.24. The fourth-order valence-corrected chi connectivity index (χ4v) is 2.04. The Bertz CT molecular complexity index is 525. The fraction of sp³-hybridized carbons (Fsp3) is 0.533. The van der Waals surface area contributed by atoms with E-state index in [0.29, 0.717) is 31.6 Å². The lowest BCUT2D eigenvalue weighted by molar-refractivity contribution is -0.384. The molecular weight excluding hydrogens is 320 g/mol. The maximum absolute atomic E-state index is 11.6. The largest absolute Gasteiger partial charge is 0.379 e. The van der Waals surface area contributed by atoms with E-state index in [-0.39, 0.29) is 24.0 Å². The molecule has 0 spiro atoms. The van der Waals surface area contributed by atoms with Gasteiger partial charge in [-0.3, -0.25) is 14.9 Å². The number of rotatable bonds is 9. The lowest BCUT2D eigenvalue weighted by Crippen LogP contribution is -2.41. The van der Waals surface area contributed by atoms with E-state index in [9.17, 15) is 14.9 Å². The maximum Gasteiger partial charge on any atom is 0.292 e. The first-order chi connectivity index (χ1) is 10.5. The van der Waals surface area contributed by atoms with E-state index in [0.717, 1.165) is 12.0 Å². The van der Waals surface area contributed by atoms with Crippen LogP contribution in [0.2, 0.25) is 0 Å². The van der Waals surface area contributed by atoms with Gasteiger partial charge in [0.1, 0.15) is 5.69 Å². The van der Waals surface area contributed by atoms with Crippen LogP contribution in [0.3, 0.4) is 0 Å². The summed E-state index contributed by atoms with van der Waals surface area (Å²) in [4.78, 5) is 22.2. The Morgan fingerprint density at radius 3 is 2.70 bits per heavy atom. The molecular formula is C15H25ClN4O3. The summed E-state index contributed by atoms with van der Waals surface area (Å²) in [5.41, 5.74) is 7.09. The van der Waals surface area contributed by atoms with Gasteiger partial charge in [0.05, 0.1) is 11.0 Å². The molecule has 0 saturated carbocycles. The number of nitro benzene ring substituents is 1. The number of anilines is 1. The van der Waals surface area contributed by atoms with E-state index in [1.165, 1.54) is 6.07 Å². The molecule has 4 N–H and O–H groups in total. The third-order valence-electron chi connectivity index (χ3n) is 3.25. The molecule has 7 nitrogen and oxygen atoms in total. The zero-order valence-corrected chi connectivity index (χ0v) is 14.3. The van der Waals surface area contributed by atoms with Crippen LogP contribution in [0.1, 0.15) is 31.7 Å². The van der Waals surface area contributed by atoms with Gasteiger partial charge in [0.2, 0.25) is 5.91 Å². The van der Waals surface area contributed by atoms with Gasteiger partial charge in [-0.15, -0.1) is 12.4 Å². The third-order valence-corrected chi connectivity index (χ3v) is 3.25. The van der Waals surface area contributed by atoms with Crippen molar-refractivity contribution in [3.05, 3.63) is 33.9 Å². The second-order valence-electron chi connectivity index (χ2n) is 5.24. The number of amides is 1. The molecule has 8 heteroatoms. The number of hydrogen-bond donors (Lipinski definition) is 3. The third kappa shape index (κ3) is 7.30. The first-order valence-corrected chi connectivity index (χ1v) is 7.48. The summed E-state index contributed by atoms with van der Waals surface area (Å²) in [5, 5.41) is 16.8. The van der Waals surface area contributed by atoms with Crippen LogP contribution in [-0.2, 0) is 4.79 Å². The Morgan fingerprint density at radius 2 is 2.09 bits per heavy atom. The van der Waals surface area contributed by atoms with Crippen molar-refractivity contribution in [1.29, 1.82) is 0 Å². The Morgan fingerprint density at radius 1 is 1.39 bits per heavy atom. The number of hydrogen-bond acceptors (Lipinski definition) is 5. The molecule has 0 radical (unpaired) electrons. The van der Waals surface area contributed by atoms with E-state index < -0.39 is 11.0 Å². The number of carbonyl (C=O) groups excluding carboxylic acids is 1. The number of carbonyl (C=O) groups is 1. The Balaban J connectivity index is 0.00000484. The summed E-state index contributed by atoms with van der Waals surface area (Å²) in [5.74, 6) is -0.150. The van der Waals surface area contributed by atoms with Crippen LogP contribution in [0, 0.1) is 17.0 Å². The molecule has 0 fully saturated rings.